The summed E-state index contributed by atoms with van der Waals surface area (Å²) in [7, 11) is 0. The quantitative estimate of drug-likeness (QED) is 0.157. The Labute approximate surface area is 229 Å². The van der Waals surface area contributed by atoms with Crippen molar-refractivity contribution in [3.8, 4) is 0 Å². The molecule has 0 aromatic heterocycles. The molecule has 2 rings (SSSR count). The molecular weight excluding hydrogens is 506 g/mol. The second-order valence-corrected chi connectivity index (χ2v) is 9.21. The number of nitrogens with one attached hydrogen (secondary N) is 3. The third-order valence-electron chi connectivity index (χ3n) is 5.96. The van der Waals surface area contributed by atoms with Gasteiger partial charge in [0.15, 0.2) is 0 Å². The van der Waals surface area contributed by atoms with Crippen LogP contribution in [-0.4, -0.2) is 74.5 Å². The number of alkyl carbamates (subject to hydrolysis) is 1. The van der Waals surface area contributed by atoms with Gasteiger partial charge in [0.05, 0.1) is 31.8 Å². The molecule has 1 heterocycles. The second kappa shape index (κ2) is 19.6. The van der Waals surface area contributed by atoms with E-state index in [1.165, 1.54) is 0 Å². The van der Waals surface area contributed by atoms with Crippen molar-refractivity contribution in [2.75, 3.05) is 39.5 Å². The van der Waals surface area contributed by atoms with Gasteiger partial charge in [-0.3, -0.25) is 14.4 Å². The zero-order valence-electron chi connectivity index (χ0n) is 22.4. The molecule has 1 aromatic carbocycles. The number of esters is 1. The molecule has 0 fully saturated rings. The molecule has 4 N–H and O–H groups in total. The van der Waals surface area contributed by atoms with E-state index in [4.69, 9.17) is 19.3 Å². The molecule has 11 heteroatoms. The number of carbonyl (C=O) groups is 4. The number of rotatable bonds is 14. The van der Waals surface area contributed by atoms with Gasteiger partial charge in [-0.15, -0.1) is 0 Å². The lowest BCUT2D eigenvalue weighted by atomic mass is 9.98. The summed E-state index contributed by atoms with van der Waals surface area (Å²) in [6.07, 6.45) is 6.11. The van der Waals surface area contributed by atoms with Gasteiger partial charge in [-0.05, 0) is 37.7 Å². The van der Waals surface area contributed by atoms with Gasteiger partial charge in [-0.25, -0.2) is 4.79 Å². The van der Waals surface area contributed by atoms with Crippen molar-refractivity contribution in [3.63, 3.8) is 0 Å². The standard InChI is InChI=1S/C28H41N3O8/c32-16-18-37-17-15-29-25(33)19-23-11-5-2-6-13-26(34)38-21-24(31-27(23)35)12-7-8-14-30-28(36)39-20-22-9-3-1-4-10-22/h1-5,9-10,23-24,32H,6-8,11-21H2,(H,29,33)(H,30,36)(H,31,35). The third-order valence-corrected chi connectivity index (χ3v) is 5.96. The van der Waals surface area contributed by atoms with E-state index >= 15 is 0 Å². The Morgan fingerprint density at radius 1 is 1.05 bits per heavy atom. The van der Waals surface area contributed by atoms with Gasteiger partial charge in [-0.2, -0.15) is 0 Å². The first-order chi connectivity index (χ1) is 19.0. The highest BCUT2D eigenvalue weighted by atomic mass is 16.5. The largest absolute Gasteiger partial charge is 0.463 e. The van der Waals surface area contributed by atoms with Crippen molar-refractivity contribution < 1.29 is 38.5 Å². The Hall–Kier alpha value is -3.44. The lowest BCUT2D eigenvalue weighted by molar-refractivity contribution is -0.145. The van der Waals surface area contributed by atoms with E-state index in [2.05, 4.69) is 16.0 Å². The number of hydrogen-bond acceptors (Lipinski definition) is 8. The molecule has 11 nitrogen and oxygen atoms in total. The number of allylic oxidation sites excluding steroid dienone is 2. The number of hydrogen-bond donors (Lipinski definition) is 4. The fraction of sp³-hybridized carbons (Fsp3) is 0.571. The zero-order chi connectivity index (χ0) is 28.1. The average molecular weight is 548 g/mol. The van der Waals surface area contributed by atoms with Crippen LogP contribution < -0.4 is 16.0 Å². The fourth-order valence-electron chi connectivity index (χ4n) is 3.85. The number of cyclic esters (lactones) is 1. The molecule has 3 amide bonds. The van der Waals surface area contributed by atoms with Crippen LogP contribution >= 0.6 is 0 Å². The molecule has 0 radical (unpaired) electrons. The Morgan fingerprint density at radius 2 is 1.87 bits per heavy atom. The zero-order valence-corrected chi connectivity index (χ0v) is 22.4. The fourth-order valence-corrected chi connectivity index (χ4v) is 3.85. The third kappa shape index (κ3) is 14.9. The van der Waals surface area contributed by atoms with Crippen molar-refractivity contribution >= 4 is 23.9 Å². The van der Waals surface area contributed by atoms with Crippen LogP contribution in [0, 0.1) is 5.92 Å². The van der Waals surface area contributed by atoms with Crippen LogP contribution in [0.25, 0.3) is 0 Å². The number of amides is 3. The monoisotopic (exact) mass is 547 g/mol. The Bertz CT molecular complexity index is 909. The van der Waals surface area contributed by atoms with Gasteiger partial charge in [0.25, 0.3) is 0 Å². The Morgan fingerprint density at radius 3 is 2.67 bits per heavy atom. The van der Waals surface area contributed by atoms with Gasteiger partial charge in [0.2, 0.25) is 11.8 Å². The minimum atomic E-state index is -0.571. The van der Waals surface area contributed by atoms with Crippen molar-refractivity contribution in [1.82, 2.24) is 16.0 Å². The highest BCUT2D eigenvalue weighted by Crippen LogP contribution is 2.14. The topological polar surface area (TPSA) is 152 Å². The first-order valence-electron chi connectivity index (χ1n) is 13.5. The number of benzene rings is 1. The first kappa shape index (κ1) is 31.8. The lowest BCUT2D eigenvalue weighted by Gasteiger charge is -2.23. The molecule has 39 heavy (non-hydrogen) atoms. The molecule has 0 aliphatic carbocycles. The summed E-state index contributed by atoms with van der Waals surface area (Å²) >= 11 is 0. The Balaban J connectivity index is 1.79. The van der Waals surface area contributed by atoms with Gasteiger partial charge in [0, 0.05) is 25.9 Å². The van der Waals surface area contributed by atoms with Gasteiger partial charge >= 0.3 is 12.1 Å². The number of carbonyl (C=O) groups excluding carboxylic acids is 4. The van der Waals surface area contributed by atoms with Crippen LogP contribution in [-0.2, 0) is 35.2 Å². The van der Waals surface area contributed by atoms with Crippen LogP contribution in [0.15, 0.2) is 42.5 Å². The molecule has 0 bridgehead atoms. The van der Waals surface area contributed by atoms with Crippen LogP contribution in [0.5, 0.6) is 0 Å². The maximum atomic E-state index is 13.0. The predicted octanol–water partition coefficient (Wildman–Crippen LogP) is 1.98. The van der Waals surface area contributed by atoms with E-state index in [0.717, 1.165) is 5.56 Å². The smallest absolute Gasteiger partial charge is 0.407 e. The molecule has 216 valence electrons. The number of ether oxygens (including phenoxy) is 3. The molecular formula is C28H41N3O8. The summed E-state index contributed by atoms with van der Waals surface area (Å²) in [5, 5.41) is 17.1. The van der Waals surface area contributed by atoms with Gasteiger partial charge in [0.1, 0.15) is 13.2 Å². The molecule has 0 spiro atoms. The first-order valence-corrected chi connectivity index (χ1v) is 13.5. The minimum Gasteiger partial charge on any atom is -0.463 e. The normalized spacial score (nSPS) is 18.2. The van der Waals surface area contributed by atoms with E-state index < -0.39 is 18.1 Å². The van der Waals surface area contributed by atoms with E-state index in [9.17, 15) is 19.2 Å². The number of aliphatic hydroxyl groups excluding tert-OH is 1. The molecule has 2 atom stereocenters. The summed E-state index contributed by atoms with van der Waals surface area (Å²) in [5.74, 6) is -1.45. The summed E-state index contributed by atoms with van der Waals surface area (Å²) in [6.45, 7) is 1.32. The maximum Gasteiger partial charge on any atom is 0.407 e. The summed E-state index contributed by atoms with van der Waals surface area (Å²) < 4.78 is 15.7. The molecule has 2 unspecified atom stereocenters. The number of aliphatic hydroxyl groups is 1. The van der Waals surface area contributed by atoms with Crippen molar-refractivity contribution in [1.29, 1.82) is 0 Å². The Kier molecular flexibility index (Phi) is 16.0. The molecule has 0 saturated carbocycles. The average Bonchev–Trinajstić information content (AvgIpc) is 2.93. The van der Waals surface area contributed by atoms with Gasteiger partial charge in [-0.1, -0.05) is 42.5 Å². The molecule has 0 saturated heterocycles. The van der Waals surface area contributed by atoms with E-state index in [1.807, 2.05) is 42.5 Å². The number of unbranched alkanes of at least 4 members (excludes halogenated alkanes) is 1. The van der Waals surface area contributed by atoms with Crippen LogP contribution in [0.2, 0.25) is 0 Å². The van der Waals surface area contributed by atoms with E-state index in [-0.39, 0.29) is 70.2 Å². The van der Waals surface area contributed by atoms with Crippen LogP contribution in [0.1, 0.15) is 50.5 Å². The predicted molar refractivity (Wildman–Crippen MR) is 143 cm³/mol. The second-order valence-electron chi connectivity index (χ2n) is 9.21. The van der Waals surface area contributed by atoms with Gasteiger partial charge < -0.3 is 35.3 Å². The molecule has 1 aliphatic rings. The van der Waals surface area contributed by atoms with E-state index in [1.54, 1.807) is 0 Å². The summed E-state index contributed by atoms with van der Waals surface area (Å²) in [6, 6.07) is 8.98. The lowest BCUT2D eigenvalue weighted by Crippen LogP contribution is -2.43. The molecule has 1 aromatic rings. The van der Waals surface area contributed by atoms with Crippen LogP contribution in [0.4, 0.5) is 4.79 Å². The summed E-state index contributed by atoms with van der Waals surface area (Å²) in [4.78, 5) is 49.3. The minimum absolute atomic E-state index is 0.0116. The SMILES string of the molecule is O=C(CC1CC=CCCC(=O)OCC(CCCCNC(=O)OCc2ccccc2)NC1=O)NCCOCCO. The highest BCUT2D eigenvalue weighted by Gasteiger charge is 2.24. The van der Waals surface area contributed by atoms with Crippen LogP contribution in [0.3, 0.4) is 0 Å². The molecule has 1 aliphatic heterocycles. The maximum absolute atomic E-state index is 13.0. The highest BCUT2D eigenvalue weighted by molar-refractivity contribution is 5.86. The van der Waals surface area contributed by atoms with E-state index in [0.29, 0.717) is 38.6 Å². The van der Waals surface area contributed by atoms with Crippen molar-refractivity contribution in [2.24, 2.45) is 5.92 Å². The van der Waals surface area contributed by atoms with Crippen molar-refractivity contribution in [2.45, 2.75) is 57.6 Å². The van der Waals surface area contributed by atoms with Crippen molar-refractivity contribution in [3.05, 3.63) is 48.0 Å². The summed E-state index contributed by atoms with van der Waals surface area (Å²) in [5.41, 5.74) is 0.902.